The third-order valence-corrected chi connectivity index (χ3v) is 5.84. The van der Waals surface area contributed by atoms with E-state index in [1.165, 1.54) is 11.1 Å². The van der Waals surface area contributed by atoms with Crippen molar-refractivity contribution in [1.29, 1.82) is 0 Å². The lowest BCUT2D eigenvalue weighted by Crippen LogP contribution is -2.43. The first-order valence-electron chi connectivity index (χ1n) is 9.09. The van der Waals surface area contributed by atoms with E-state index in [9.17, 15) is 9.59 Å². The van der Waals surface area contributed by atoms with Crippen LogP contribution in [0.25, 0.3) is 0 Å². The van der Waals surface area contributed by atoms with Crippen molar-refractivity contribution in [2.24, 2.45) is 11.3 Å². The number of amides is 2. The monoisotopic (exact) mass is 343 g/mol. The standard InChI is InChI=1S/C20H29N3O2/c1-15-6-5-7-17(10-15)12-22-11-16(2)20(14-22)8-9-23(19(20)25)13-18(24)21(3)4/h5-7,10,16H,8-9,11-14H2,1-4H3/t16-,20-/m0/s1. The molecule has 3 rings (SSSR count). The zero-order valence-corrected chi connectivity index (χ0v) is 15.8. The summed E-state index contributed by atoms with van der Waals surface area (Å²) in [4.78, 5) is 30.8. The number of carbonyl (C=O) groups excluding carboxylic acids is 2. The number of rotatable bonds is 4. The maximum Gasteiger partial charge on any atom is 0.241 e. The first-order chi connectivity index (χ1) is 11.8. The molecular weight excluding hydrogens is 314 g/mol. The van der Waals surface area contributed by atoms with Crippen molar-refractivity contribution in [2.75, 3.05) is 40.3 Å². The zero-order valence-electron chi connectivity index (χ0n) is 15.8. The van der Waals surface area contributed by atoms with E-state index < -0.39 is 0 Å². The van der Waals surface area contributed by atoms with Crippen LogP contribution in [0.4, 0.5) is 0 Å². The summed E-state index contributed by atoms with van der Waals surface area (Å²) in [7, 11) is 3.47. The Hall–Kier alpha value is -1.88. The topological polar surface area (TPSA) is 43.9 Å². The van der Waals surface area contributed by atoms with Gasteiger partial charge in [0.1, 0.15) is 0 Å². The number of likely N-dealkylation sites (N-methyl/N-ethyl adjacent to an activating group) is 1. The molecule has 2 amide bonds. The number of carbonyl (C=O) groups is 2. The van der Waals surface area contributed by atoms with Gasteiger partial charge in [0.25, 0.3) is 0 Å². The molecule has 25 heavy (non-hydrogen) atoms. The van der Waals surface area contributed by atoms with Gasteiger partial charge in [-0.1, -0.05) is 36.8 Å². The van der Waals surface area contributed by atoms with Gasteiger partial charge < -0.3 is 9.80 Å². The van der Waals surface area contributed by atoms with Gasteiger partial charge in [-0.2, -0.15) is 0 Å². The molecule has 2 heterocycles. The summed E-state index contributed by atoms with van der Waals surface area (Å²) in [5.41, 5.74) is 2.26. The Balaban J connectivity index is 1.68. The fourth-order valence-corrected chi connectivity index (χ4v) is 4.29. The van der Waals surface area contributed by atoms with Crippen LogP contribution < -0.4 is 0 Å². The van der Waals surface area contributed by atoms with Crippen LogP contribution in [0, 0.1) is 18.3 Å². The highest BCUT2D eigenvalue weighted by Crippen LogP contribution is 2.45. The first-order valence-corrected chi connectivity index (χ1v) is 9.09. The number of hydrogen-bond acceptors (Lipinski definition) is 3. The molecule has 1 aromatic carbocycles. The number of aryl methyl sites for hydroxylation is 1. The molecule has 0 aliphatic carbocycles. The second-order valence-electron chi connectivity index (χ2n) is 7.98. The van der Waals surface area contributed by atoms with E-state index in [0.717, 1.165) is 26.1 Å². The molecule has 2 atom stereocenters. The average molecular weight is 343 g/mol. The van der Waals surface area contributed by atoms with E-state index in [0.29, 0.717) is 12.5 Å². The average Bonchev–Trinajstić information content (AvgIpc) is 3.02. The van der Waals surface area contributed by atoms with Crippen molar-refractivity contribution in [3.05, 3.63) is 35.4 Å². The SMILES string of the molecule is Cc1cccc(CN2C[C@H](C)[C@]3(CCN(CC(=O)N(C)C)C3=O)C2)c1. The van der Waals surface area contributed by atoms with Gasteiger partial charge in [0.15, 0.2) is 0 Å². The van der Waals surface area contributed by atoms with E-state index in [4.69, 9.17) is 0 Å². The molecule has 2 saturated heterocycles. The van der Waals surface area contributed by atoms with Gasteiger partial charge in [0, 0.05) is 40.3 Å². The molecule has 1 spiro atoms. The normalized spacial score (nSPS) is 26.6. The van der Waals surface area contributed by atoms with Crippen molar-refractivity contribution in [3.8, 4) is 0 Å². The first kappa shape index (κ1) is 17.9. The van der Waals surface area contributed by atoms with Gasteiger partial charge in [-0.3, -0.25) is 14.5 Å². The van der Waals surface area contributed by atoms with Gasteiger partial charge in [0.2, 0.25) is 11.8 Å². The molecule has 0 saturated carbocycles. The van der Waals surface area contributed by atoms with Gasteiger partial charge in [-0.05, 0) is 24.8 Å². The smallest absolute Gasteiger partial charge is 0.241 e. The van der Waals surface area contributed by atoms with Crippen LogP contribution >= 0.6 is 0 Å². The van der Waals surface area contributed by atoms with Gasteiger partial charge in [-0.25, -0.2) is 0 Å². The summed E-state index contributed by atoms with van der Waals surface area (Å²) in [6.45, 7) is 7.82. The molecule has 5 nitrogen and oxygen atoms in total. The van der Waals surface area contributed by atoms with E-state index in [1.807, 2.05) is 0 Å². The minimum Gasteiger partial charge on any atom is -0.347 e. The molecule has 0 radical (unpaired) electrons. The fraction of sp³-hybridized carbons (Fsp3) is 0.600. The molecule has 0 unspecified atom stereocenters. The van der Waals surface area contributed by atoms with Gasteiger partial charge >= 0.3 is 0 Å². The van der Waals surface area contributed by atoms with Crippen LogP contribution in [-0.2, 0) is 16.1 Å². The highest BCUT2D eigenvalue weighted by atomic mass is 16.2. The Labute approximate surface area is 150 Å². The number of hydrogen-bond donors (Lipinski definition) is 0. The largest absolute Gasteiger partial charge is 0.347 e. The molecule has 2 fully saturated rings. The summed E-state index contributed by atoms with van der Waals surface area (Å²) < 4.78 is 0. The van der Waals surface area contributed by atoms with E-state index >= 15 is 0 Å². The molecule has 136 valence electrons. The van der Waals surface area contributed by atoms with Crippen LogP contribution in [0.5, 0.6) is 0 Å². The van der Waals surface area contributed by atoms with Crippen molar-refractivity contribution < 1.29 is 9.59 Å². The Bertz CT molecular complexity index is 673. The lowest BCUT2D eigenvalue weighted by Gasteiger charge is -2.27. The maximum absolute atomic E-state index is 13.1. The molecule has 1 aromatic rings. The van der Waals surface area contributed by atoms with Crippen molar-refractivity contribution in [2.45, 2.75) is 26.8 Å². The van der Waals surface area contributed by atoms with Crippen molar-refractivity contribution >= 4 is 11.8 Å². The second-order valence-corrected chi connectivity index (χ2v) is 7.98. The molecule has 5 heteroatoms. The van der Waals surface area contributed by atoms with Crippen LogP contribution in [0.15, 0.2) is 24.3 Å². The molecule has 0 bridgehead atoms. The fourth-order valence-electron chi connectivity index (χ4n) is 4.29. The number of benzene rings is 1. The highest BCUT2D eigenvalue weighted by Gasteiger charge is 2.55. The van der Waals surface area contributed by atoms with E-state index in [1.54, 1.807) is 23.9 Å². The molecule has 2 aliphatic heterocycles. The van der Waals surface area contributed by atoms with Gasteiger partial charge in [0.05, 0.1) is 12.0 Å². The summed E-state index contributed by atoms with van der Waals surface area (Å²) in [5.74, 6) is 0.485. The van der Waals surface area contributed by atoms with E-state index in [2.05, 4.69) is 43.0 Å². The predicted molar refractivity (Wildman–Crippen MR) is 97.9 cm³/mol. The highest BCUT2D eigenvalue weighted by molar-refractivity contribution is 5.90. The van der Waals surface area contributed by atoms with Crippen LogP contribution in [0.2, 0.25) is 0 Å². The van der Waals surface area contributed by atoms with Crippen molar-refractivity contribution in [1.82, 2.24) is 14.7 Å². The maximum atomic E-state index is 13.1. The zero-order chi connectivity index (χ0) is 18.2. The Kier molecular flexibility index (Phi) is 4.87. The number of likely N-dealkylation sites (tertiary alicyclic amines) is 2. The Morgan fingerprint density at radius 1 is 1.36 bits per heavy atom. The van der Waals surface area contributed by atoms with Crippen LogP contribution in [0.3, 0.4) is 0 Å². The lowest BCUT2D eigenvalue weighted by molar-refractivity contribution is -0.142. The second kappa shape index (κ2) is 6.79. The third-order valence-electron chi connectivity index (χ3n) is 5.84. The number of nitrogens with zero attached hydrogens (tertiary/aromatic N) is 3. The lowest BCUT2D eigenvalue weighted by atomic mass is 9.78. The quantitative estimate of drug-likeness (QED) is 0.837. The van der Waals surface area contributed by atoms with Crippen LogP contribution in [0.1, 0.15) is 24.5 Å². The molecular formula is C20H29N3O2. The van der Waals surface area contributed by atoms with Gasteiger partial charge in [-0.15, -0.1) is 0 Å². The van der Waals surface area contributed by atoms with E-state index in [-0.39, 0.29) is 23.8 Å². The summed E-state index contributed by atoms with van der Waals surface area (Å²) in [6, 6.07) is 8.57. The minimum absolute atomic E-state index is 0.00679. The minimum atomic E-state index is -0.309. The molecule has 0 N–H and O–H groups in total. The third kappa shape index (κ3) is 3.43. The summed E-state index contributed by atoms with van der Waals surface area (Å²) >= 11 is 0. The summed E-state index contributed by atoms with van der Waals surface area (Å²) in [6.07, 6.45) is 0.859. The van der Waals surface area contributed by atoms with Crippen LogP contribution in [-0.4, -0.2) is 66.8 Å². The Morgan fingerprint density at radius 2 is 2.12 bits per heavy atom. The summed E-state index contributed by atoms with van der Waals surface area (Å²) in [5, 5.41) is 0. The Morgan fingerprint density at radius 3 is 2.80 bits per heavy atom. The van der Waals surface area contributed by atoms with Crippen molar-refractivity contribution in [3.63, 3.8) is 0 Å². The molecule has 2 aliphatic rings. The predicted octanol–water partition coefficient (Wildman–Crippen LogP) is 1.75. The molecule has 0 aromatic heterocycles.